The lowest BCUT2D eigenvalue weighted by atomic mass is 9.93. The van der Waals surface area contributed by atoms with Gasteiger partial charge in [-0.2, -0.15) is 0 Å². The van der Waals surface area contributed by atoms with Crippen LogP contribution in [0.2, 0.25) is 0 Å². The van der Waals surface area contributed by atoms with Gasteiger partial charge in [0.15, 0.2) is 0 Å². The first kappa shape index (κ1) is 16.9. The quantitative estimate of drug-likeness (QED) is 0.885. The van der Waals surface area contributed by atoms with Gasteiger partial charge < -0.3 is 5.11 Å². The minimum absolute atomic E-state index is 0.0464. The Hall–Kier alpha value is -1.50. The van der Waals surface area contributed by atoms with Crippen molar-refractivity contribution in [3.8, 4) is 0 Å². The molecule has 2 aromatic rings. The van der Waals surface area contributed by atoms with E-state index in [0.29, 0.717) is 5.52 Å². The number of nitrogens with zero attached hydrogens (tertiary/aromatic N) is 1. The van der Waals surface area contributed by atoms with Gasteiger partial charge in [-0.05, 0) is 37.5 Å². The summed E-state index contributed by atoms with van der Waals surface area (Å²) in [7, 11) is -3.74. The minimum atomic E-state index is -3.74. The molecule has 0 aliphatic rings. The van der Waals surface area contributed by atoms with Crippen LogP contribution in [-0.4, -0.2) is 30.7 Å². The number of fused-ring (bicyclic) bond motifs is 1. The van der Waals surface area contributed by atoms with Gasteiger partial charge in [-0.15, -0.1) is 0 Å². The predicted molar refractivity (Wildman–Crippen MR) is 87.1 cm³/mol. The molecule has 1 aromatic heterocycles. The Labute approximate surface area is 131 Å². The Balaban J connectivity index is 2.38. The largest absolute Gasteiger partial charge is 0.389 e. The van der Waals surface area contributed by atoms with Gasteiger partial charge in [-0.25, -0.2) is 13.1 Å². The summed E-state index contributed by atoms with van der Waals surface area (Å²) in [5.41, 5.74) is 0.296. The lowest BCUT2D eigenvalue weighted by molar-refractivity contribution is 0.0190. The Bertz CT molecular complexity index is 783. The van der Waals surface area contributed by atoms with E-state index in [2.05, 4.69) is 9.71 Å². The van der Waals surface area contributed by atoms with Crippen molar-refractivity contribution in [2.45, 2.75) is 38.2 Å². The first-order valence-corrected chi connectivity index (χ1v) is 8.69. The Morgan fingerprint density at radius 2 is 2.05 bits per heavy atom. The molecule has 0 radical (unpaired) electrons. The summed E-state index contributed by atoms with van der Waals surface area (Å²) in [5, 5.41) is 11.0. The normalized spacial score (nSPS) is 15.2. The first-order valence-electron chi connectivity index (χ1n) is 7.21. The molecule has 0 fully saturated rings. The number of aryl methyl sites for hydroxylation is 1. The molecule has 0 bridgehead atoms. The number of hydrogen-bond donors (Lipinski definition) is 2. The summed E-state index contributed by atoms with van der Waals surface area (Å²) in [4.78, 5) is 4.37. The molecule has 1 heterocycles. The summed E-state index contributed by atoms with van der Waals surface area (Å²) < 4.78 is 27.6. The van der Waals surface area contributed by atoms with Crippen LogP contribution >= 0.6 is 0 Å². The van der Waals surface area contributed by atoms with Crippen LogP contribution in [0, 0.1) is 12.8 Å². The molecule has 0 spiro atoms. The monoisotopic (exact) mass is 322 g/mol. The highest BCUT2D eigenvalue weighted by molar-refractivity contribution is 7.89. The zero-order chi connectivity index (χ0) is 16.5. The number of pyridine rings is 1. The Kier molecular flexibility index (Phi) is 4.56. The number of rotatable bonds is 5. The first-order chi connectivity index (χ1) is 10.1. The molecule has 0 aliphatic heterocycles. The molecule has 1 aromatic carbocycles. The van der Waals surface area contributed by atoms with Crippen LogP contribution in [-0.2, 0) is 10.0 Å². The van der Waals surface area contributed by atoms with E-state index in [-0.39, 0.29) is 17.4 Å². The van der Waals surface area contributed by atoms with Crippen LogP contribution in [0.15, 0.2) is 35.4 Å². The lowest BCUT2D eigenvalue weighted by Crippen LogP contribution is -2.44. The van der Waals surface area contributed by atoms with Gasteiger partial charge in [-0.3, -0.25) is 4.98 Å². The second kappa shape index (κ2) is 5.95. The molecule has 22 heavy (non-hydrogen) atoms. The second-order valence-corrected chi connectivity index (χ2v) is 7.91. The fraction of sp³-hybridized carbons (Fsp3) is 0.438. The maximum Gasteiger partial charge on any atom is 0.242 e. The van der Waals surface area contributed by atoms with Crippen molar-refractivity contribution < 1.29 is 13.5 Å². The lowest BCUT2D eigenvalue weighted by Gasteiger charge is -2.27. The average molecular weight is 322 g/mol. The van der Waals surface area contributed by atoms with Crippen molar-refractivity contribution in [2.24, 2.45) is 5.92 Å². The van der Waals surface area contributed by atoms with Crippen molar-refractivity contribution in [1.82, 2.24) is 9.71 Å². The van der Waals surface area contributed by atoms with Crippen LogP contribution in [0.4, 0.5) is 0 Å². The molecule has 2 N–H and O–H groups in total. The molecular formula is C16H22N2O3S. The number of aliphatic hydroxyl groups is 1. The van der Waals surface area contributed by atoms with Crippen LogP contribution in [0.5, 0.6) is 0 Å². The number of nitrogens with one attached hydrogen (secondary N) is 1. The van der Waals surface area contributed by atoms with Crippen LogP contribution in [0.3, 0.4) is 0 Å². The molecule has 1 unspecified atom stereocenters. The van der Waals surface area contributed by atoms with Crippen molar-refractivity contribution in [2.75, 3.05) is 6.54 Å². The van der Waals surface area contributed by atoms with Gasteiger partial charge in [-0.1, -0.05) is 26.0 Å². The number of benzene rings is 1. The van der Waals surface area contributed by atoms with Gasteiger partial charge in [0.05, 0.1) is 11.1 Å². The highest BCUT2D eigenvalue weighted by atomic mass is 32.2. The van der Waals surface area contributed by atoms with E-state index in [1.807, 2.05) is 32.9 Å². The third kappa shape index (κ3) is 3.45. The highest BCUT2D eigenvalue weighted by Gasteiger charge is 2.28. The Morgan fingerprint density at radius 1 is 1.36 bits per heavy atom. The van der Waals surface area contributed by atoms with E-state index in [0.717, 1.165) is 10.9 Å². The zero-order valence-corrected chi connectivity index (χ0v) is 14.1. The van der Waals surface area contributed by atoms with E-state index < -0.39 is 15.6 Å². The SMILES string of the molecule is Cc1cnc2c(S(=O)(=O)NCC(C)(O)C(C)C)cccc2c1. The Morgan fingerprint density at radius 3 is 2.68 bits per heavy atom. The highest BCUT2D eigenvalue weighted by Crippen LogP contribution is 2.22. The van der Waals surface area contributed by atoms with Gasteiger partial charge >= 0.3 is 0 Å². The van der Waals surface area contributed by atoms with Crippen LogP contribution in [0.1, 0.15) is 26.3 Å². The van der Waals surface area contributed by atoms with E-state index in [9.17, 15) is 13.5 Å². The molecular weight excluding hydrogens is 300 g/mol. The average Bonchev–Trinajstić information content (AvgIpc) is 2.44. The summed E-state index contributed by atoms with van der Waals surface area (Å²) in [5.74, 6) is -0.0662. The van der Waals surface area contributed by atoms with Gasteiger partial charge in [0, 0.05) is 18.1 Å². The molecule has 0 saturated carbocycles. The third-order valence-electron chi connectivity index (χ3n) is 3.96. The number of para-hydroxylation sites is 1. The molecule has 0 amide bonds. The minimum Gasteiger partial charge on any atom is -0.389 e. The van der Waals surface area contributed by atoms with Gasteiger partial charge in [0.25, 0.3) is 0 Å². The van der Waals surface area contributed by atoms with Gasteiger partial charge in [0.1, 0.15) is 4.90 Å². The number of aromatic nitrogens is 1. The smallest absolute Gasteiger partial charge is 0.242 e. The third-order valence-corrected chi connectivity index (χ3v) is 5.40. The zero-order valence-electron chi connectivity index (χ0n) is 13.3. The van der Waals surface area contributed by atoms with Crippen LogP contribution < -0.4 is 4.72 Å². The molecule has 2 rings (SSSR count). The van der Waals surface area contributed by atoms with E-state index in [1.54, 1.807) is 19.2 Å². The number of hydrogen-bond acceptors (Lipinski definition) is 4. The van der Waals surface area contributed by atoms with Crippen molar-refractivity contribution in [1.29, 1.82) is 0 Å². The van der Waals surface area contributed by atoms with Crippen molar-refractivity contribution in [3.05, 3.63) is 36.0 Å². The molecule has 5 nitrogen and oxygen atoms in total. The van der Waals surface area contributed by atoms with Crippen molar-refractivity contribution >= 4 is 20.9 Å². The molecule has 0 saturated heterocycles. The fourth-order valence-corrected chi connectivity index (χ4v) is 3.30. The van der Waals surface area contributed by atoms with Crippen molar-refractivity contribution in [3.63, 3.8) is 0 Å². The second-order valence-electron chi connectivity index (χ2n) is 6.18. The van der Waals surface area contributed by atoms with E-state index in [1.165, 1.54) is 6.07 Å². The summed E-state index contributed by atoms with van der Waals surface area (Å²) in [6, 6.07) is 6.94. The molecule has 6 heteroatoms. The van der Waals surface area contributed by atoms with Crippen LogP contribution in [0.25, 0.3) is 10.9 Å². The molecule has 120 valence electrons. The fourth-order valence-electron chi connectivity index (χ4n) is 1.98. The topological polar surface area (TPSA) is 79.3 Å². The summed E-state index contributed by atoms with van der Waals surface area (Å²) >= 11 is 0. The maximum atomic E-state index is 12.5. The summed E-state index contributed by atoms with van der Waals surface area (Å²) in [6.07, 6.45) is 1.64. The maximum absolute atomic E-state index is 12.5. The standard InChI is InChI=1S/C16H22N2O3S/c1-11(2)16(4,19)10-18-22(20,21)14-7-5-6-13-8-12(3)9-17-15(13)14/h5-9,11,18-19H,10H2,1-4H3. The van der Waals surface area contributed by atoms with E-state index in [4.69, 9.17) is 0 Å². The summed E-state index contributed by atoms with van der Waals surface area (Å²) in [6.45, 7) is 7.17. The van der Waals surface area contributed by atoms with E-state index >= 15 is 0 Å². The van der Waals surface area contributed by atoms with Gasteiger partial charge in [0.2, 0.25) is 10.0 Å². The predicted octanol–water partition coefficient (Wildman–Crippen LogP) is 2.23. The molecule has 0 aliphatic carbocycles. The molecule has 1 atom stereocenters. The number of sulfonamides is 1.